The van der Waals surface area contributed by atoms with Gasteiger partial charge in [-0.15, -0.1) is 0 Å². The number of nitrogens with zero attached hydrogens (tertiary/aromatic N) is 2. The predicted octanol–water partition coefficient (Wildman–Crippen LogP) is 2.55. The Morgan fingerprint density at radius 2 is 1.59 bits per heavy atom. The van der Waals surface area contributed by atoms with Crippen LogP contribution in [0.3, 0.4) is 0 Å². The molecule has 0 bridgehead atoms. The Labute approximate surface area is 172 Å². The number of imide groups is 1. The van der Waals surface area contributed by atoms with Crippen molar-refractivity contribution in [3.05, 3.63) is 23.8 Å². The van der Waals surface area contributed by atoms with Crippen molar-refractivity contribution in [2.24, 2.45) is 11.8 Å². The summed E-state index contributed by atoms with van der Waals surface area (Å²) in [4.78, 5) is 26.9. The van der Waals surface area contributed by atoms with E-state index in [1.165, 1.54) is 16.3 Å². The Morgan fingerprint density at radius 3 is 2.17 bits per heavy atom. The van der Waals surface area contributed by atoms with Crippen molar-refractivity contribution in [2.45, 2.75) is 56.4 Å². The van der Waals surface area contributed by atoms with E-state index in [0.29, 0.717) is 18.7 Å². The SMILES string of the molecule is COc1ccc(CN2C(=O)[C@@H]3CCCC[C@H]3C2=O)cc1S(=O)(=O)N1CCCCC1. The number of piperidine rings is 1. The summed E-state index contributed by atoms with van der Waals surface area (Å²) in [6, 6.07) is 4.91. The number of ether oxygens (including phenoxy) is 1. The number of carbonyl (C=O) groups excluding carboxylic acids is 2. The van der Waals surface area contributed by atoms with Crippen molar-refractivity contribution in [1.29, 1.82) is 0 Å². The van der Waals surface area contributed by atoms with Crippen molar-refractivity contribution in [3.63, 3.8) is 0 Å². The third-order valence-electron chi connectivity index (χ3n) is 6.43. The van der Waals surface area contributed by atoms with Crippen molar-refractivity contribution >= 4 is 21.8 Å². The Kier molecular flexibility index (Phi) is 5.66. The molecular weight excluding hydrogens is 392 g/mol. The van der Waals surface area contributed by atoms with Crippen molar-refractivity contribution in [1.82, 2.24) is 9.21 Å². The van der Waals surface area contributed by atoms with Crippen molar-refractivity contribution in [2.75, 3.05) is 20.2 Å². The molecule has 1 aromatic rings. The zero-order valence-electron chi connectivity index (χ0n) is 16.8. The lowest BCUT2D eigenvalue weighted by Gasteiger charge is -2.27. The summed E-state index contributed by atoms with van der Waals surface area (Å²) >= 11 is 0. The number of rotatable bonds is 5. The molecule has 0 aromatic heterocycles. The third-order valence-corrected chi connectivity index (χ3v) is 8.35. The van der Waals surface area contributed by atoms with Gasteiger partial charge < -0.3 is 4.74 Å². The molecule has 2 atom stereocenters. The van der Waals surface area contributed by atoms with Crippen molar-refractivity contribution < 1.29 is 22.7 Å². The minimum absolute atomic E-state index is 0.107. The quantitative estimate of drug-likeness (QED) is 0.684. The number of hydrogen-bond donors (Lipinski definition) is 0. The van der Waals surface area contributed by atoms with Crippen LogP contribution in [0.25, 0.3) is 0 Å². The van der Waals surface area contributed by atoms with Crippen LogP contribution in [0.1, 0.15) is 50.5 Å². The molecule has 4 rings (SSSR count). The molecule has 1 aliphatic carbocycles. The van der Waals surface area contributed by atoms with E-state index in [1.54, 1.807) is 18.2 Å². The standard InChI is InChI=1S/C21H28N2O5S/c1-28-18-10-9-15(13-19(18)29(26,27)22-11-5-2-6-12-22)14-23-20(24)16-7-3-4-8-17(16)21(23)25/h9-10,13,16-17H,2-8,11-12,14H2,1H3/t16-,17-/m1/s1. The van der Waals surface area contributed by atoms with Gasteiger partial charge in [0.1, 0.15) is 10.6 Å². The Balaban J connectivity index is 1.62. The fourth-order valence-electron chi connectivity index (χ4n) is 4.83. The van der Waals surface area contributed by atoms with Gasteiger partial charge in [0, 0.05) is 13.1 Å². The molecule has 2 heterocycles. The summed E-state index contributed by atoms with van der Waals surface area (Å²) in [5.41, 5.74) is 0.627. The van der Waals surface area contributed by atoms with E-state index in [1.807, 2.05) is 0 Å². The van der Waals surface area contributed by atoms with Gasteiger partial charge in [0.05, 0.1) is 25.5 Å². The molecule has 0 spiro atoms. The first-order valence-corrected chi connectivity index (χ1v) is 11.9. The number of fused-ring (bicyclic) bond motifs is 1. The predicted molar refractivity (Wildman–Crippen MR) is 107 cm³/mol. The fourth-order valence-corrected chi connectivity index (χ4v) is 6.56. The van der Waals surface area contributed by atoms with Crippen LogP contribution in [0.2, 0.25) is 0 Å². The van der Waals surface area contributed by atoms with Crippen LogP contribution in [0.4, 0.5) is 0 Å². The molecule has 1 aromatic carbocycles. The first kappa shape index (κ1) is 20.3. The fraction of sp³-hybridized carbons (Fsp3) is 0.619. The van der Waals surface area contributed by atoms with E-state index in [9.17, 15) is 18.0 Å². The van der Waals surface area contributed by atoms with Gasteiger partial charge in [0.2, 0.25) is 21.8 Å². The van der Waals surface area contributed by atoms with E-state index < -0.39 is 10.0 Å². The maximum absolute atomic E-state index is 13.2. The number of sulfonamides is 1. The highest BCUT2D eigenvalue weighted by Crippen LogP contribution is 2.39. The second-order valence-corrected chi connectivity index (χ2v) is 10.1. The molecular formula is C21H28N2O5S. The van der Waals surface area contributed by atoms with E-state index in [4.69, 9.17) is 4.74 Å². The smallest absolute Gasteiger partial charge is 0.246 e. The number of hydrogen-bond acceptors (Lipinski definition) is 5. The van der Waals surface area contributed by atoms with E-state index in [-0.39, 0.29) is 40.8 Å². The lowest BCUT2D eigenvalue weighted by Crippen LogP contribution is -2.36. The van der Waals surface area contributed by atoms with E-state index in [2.05, 4.69) is 0 Å². The molecule has 2 aliphatic heterocycles. The van der Waals surface area contributed by atoms with Crippen LogP contribution >= 0.6 is 0 Å². The maximum atomic E-state index is 13.2. The lowest BCUT2D eigenvalue weighted by atomic mass is 9.81. The minimum atomic E-state index is -3.69. The van der Waals surface area contributed by atoms with Gasteiger partial charge in [-0.2, -0.15) is 4.31 Å². The average Bonchev–Trinajstić information content (AvgIpc) is 2.99. The highest BCUT2D eigenvalue weighted by Gasteiger charge is 2.48. The summed E-state index contributed by atoms with van der Waals surface area (Å²) in [5.74, 6) is -0.351. The molecule has 7 nitrogen and oxygen atoms in total. The topological polar surface area (TPSA) is 84.0 Å². The second-order valence-electron chi connectivity index (χ2n) is 8.21. The monoisotopic (exact) mass is 420 g/mol. The molecule has 0 N–H and O–H groups in total. The molecule has 8 heteroatoms. The first-order chi connectivity index (χ1) is 13.9. The number of amides is 2. The zero-order chi connectivity index (χ0) is 20.6. The van der Waals surface area contributed by atoms with Crippen LogP contribution in [-0.2, 0) is 26.2 Å². The van der Waals surface area contributed by atoms with Gasteiger partial charge >= 0.3 is 0 Å². The Morgan fingerprint density at radius 1 is 0.966 bits per heavy atom. The Hall–Kier alpha value is -1.93. The normalized spacial score (nSPS) is 25.9. The summed E-state index contributed by atoms with van der Waals surface area (Å²) in [7, 11) is -2.24. The van der Waals surface area contributed by atoms with Gasteiger partial charge in [-0.1, -0.05) is 25.3 Å². The van der Waals surface area contributed by atoms with Crippen LogP contribution in [0.5, 0.6) is 5.75 Å². The summed E-state index contributed by atoms with van der Waals surface area (Å²) in [5, 5.41) is 0. The molecule has 2 amide bonds. The highest BCUT2D eigenvalue weighted by molar-refractivity contribution is 7.89. The van der Waals surface area contributed by atoms with E-state index in [0.717, 1.165) is 44.9 Å². The average molecular weight is 421 g/mol. The zero-order valence-corrected chi connectivity index (χ0v) is 17.6. The summed E-state index contributed by atoms with van der Waals surface area (Å²) in [6.45, 7) is 1.11. The molecule has 0 radical (unpaired) electrons. The molecule has 1 saturated carbocycles. The van der Waals surface area contributed by atoms with Gasteiger partial charge in [-0.3, -0.25) is 14.5 Å². The maximum Gasteiger partial charge on any atom is 0.246 e. The number of carbonyl (C=O) groups is 2. The molecule has 0 unspecified atom stereocenters. The van der Waals surface area contributed by atoms with Crippen molar-refractivity contribution in [3.8, 4) is 5.75 Å². The van der Waals surface area contributed by atoms with Gasteiger partial charge in [-0.25, -0.2) is 8.42 Å². The molecule has 158 valence electrons. The summed E-state index contributed by atoms with van der Waals surface area (Å²) in [6.07, 6.45) is 6.22. The number of benzene rings is 1. The number of methoxy groups -OCH3 is 1. The molecule has 3 aliphatic rings. The van der Waals surface area contributed by atoms with Crippen LogP contribution in [-0.4, -0.2) is 49.6 Å². The first-order valence-electron chi connectivity index (χ1n) is 10.5. The van der Waals surface area contributed by atoms with E-state index >= 15 is 0 Å². The number of likely N-dealkylation sites (tertiary alicyclic amines) is 1. The highest BCUT2D eigenvalue weighted by atomic mass is 32.2. The van der Waals surface area contributed by atoms with Gasteiger partial charge in [0.15, 0.2) is 0 Å². The second kappa shape index (κ2) is 8.07. The van der Waals surface area contributed by atoms with Gasteiger partial charge in [0.25, 0.3) is 0 Å². The Bertz CT molecular complexity index is 884. The minimum Gasteiger partial charge on any atom is -0.495 e. The molecule has 29 heavy (non-hydrogen) atoms. The summed E-state index contributed by atoms with van der Waals surface area (Å²) < 4.78 is 33.2. The molecule has 3 fully saturated rings. The van der Waals surface area contributed by atoms with Crippen LogP contribution in [0.15, 0.2) is 23.1 Å². The third kappa shape index (κ3) is 3.68. The lowest BCUT2D eigenvalue weighted by molar-refractivity contribution is -0.140. The van der Waals surface area contributed by atoms with Crippen LogP contribution < -0.4 is 4.74 Å². The largest absolute Gasteiger partial charge is 0.495 e. The van der Waals surface area contributed by atoms with Crippen LogP contribution in [0, 0.1) is 11.8 Å². The van der Waals surface area contributed by atoms with Gasteiger partial charge in [-0.05, 0) is 43.4 Å². The molecule has 2 saturated heterocycles.